The highest BCUT2D eigenvalue weighted by atomic mass is 16.5. The van der Waals surface area contributed by atoms with E-state index < -0.39 is 36.5 Å². The molecule has 86 valence electrons. The maximum Gasteiger partial charge on any atom is 0.315 e. The monoisotopic (exact) mass is 218 g/mol. The Kier molecular flexibility index (Phi) is 2.79. The quantitative estimate of drug-likeness (QED) is 0.325. The number of amides is 2. The summed E-state index contributed by atoms with van der Waals surface area (Å²) >= 11 is 0. The lowest BCUT2D eigenvalue weighted by atomic mass is 9.92. The summed E-state index contributed by atoms with van der Waals surface area (Å²) in [5.74, 6) is 0. The maximum absolute atomic E-state index is 11.0. The third-order valence-electron chi connectivity index (χ3n) is 2.79. The molecule has 2 heterocycles. The Bertz CT molecular complexity index is 259. The molecule has 7 nitrogen and oxygen atoms in total. The summed E-state index contributed by atoms with van der Waals surface area (Å²) in [4.78, 5) is 11.0. The van der Waals surface area contributed by atoms with Crippen molar-refractivity contribution < 1.29 is 24.9 Å². The summed E-state index contributed by atoms with van der Waals surface area (Å²) in [6.07, 6.45) is -3.54. The molecule has 0 unspecified atom stereocenters. The van der Waals surface area contributed by atoms with Crippen LogP contribution in [0, 0.1) is 0 Å². The number of nitrogens with one attached hydrogen (secondary N) is 2. The second kappa shape index (κ2) is 3.93. The predicted octanol–water partition coefficient (Wildman–Crippen LogP) is -2.85. The van der Waals surface area contributed by atoms with Gasteiger partial charge in [0.05, 0.1) is 18.8 Å². The largest absolute Gasteiger partial charge is 0.394 e. The molecule has 0 aliphatic carbocycles. The Balaban J connectivity index is 2.11. The van der Waals surface area contributed by atoms with Crippen LogP contribution in [0.1, 0.15) is 0 Å². The van der Waals surface area contributed by atoms with Crippen LogP contribution < -0.4 is 10.6 Å². The lowest BCUT2D eigenvalue weighted by molar-refractivity contribution is -0.193. The molecule has 5 atom stereocenters. The molecule has 0 aromatic carbocycles. The molecule has 2 aliphatic heterocycles. The fraction of sp³-hybridized carbons (Fsp3) is 0.875. The van der Waals surface area contributed by atoms with Crippen molar-refractivity contribution in [2.75, 3.05) is 13.2 Å². The number of hydrogen-bond donors (Lipinski definition) is 5. The Hall–Kier alpha value is -0.890. The van der Waals surface area contributed by atoms with E-state index in [1.807, 2.05) is 0 Å². The van der Waals surface area contributed by atoms with Gasteiger partial charge in [0.15, 0.2) is 0 Å². The number of hydrogen-bond acceptors (Lipinski definition) is 5. The number of ether oxygens (including phenoxy) is 1. The highest BCUT2D eigenvalue weighted by Gasteiger charge is 2.46. The van der Waals surface area contributed by atoms with Crippen molar-refractivity contribution in [2.45, 2.75) is 30.5 Å². The molecule has 2 aliphatic rings. The summed E-state index contributed by atoms with van der Waals surface area (Å²) in [6.45, 7) is -0.105. The first-order valence-electron chi connectivity index (χ1n) is 4.80. The van der Waals surface area contributed by atoms with Crippen LogP contribution in [0.2, 0.25) is 0 Å². The predicted molar refractivity (Wildman–Crippen MR) is 48.1 cm³/mol. The van der Waals surface area contributed by atoms with Gasteiger partial charge in [0.2, 0.25) is 0 Å². The Morgan fingerprint density at radius 2 is 2.13 bits per heavy atom. The van der Waals surface area contributed by atoms with E-state index >= 15 is 0 Å². The van der Waals surface area contributed by atoms with Gasteiger partial charge in [0.1, 0.15) is 18.3 Å². The van der Waals surface area contributed by atoms with Gasteiger partial charge in [-0.2, -0.15) is 0 Å². The number of carbonyl (C=O) groups is 1. The molecule has 2 amide bonds. The summed E-state index contributed by atoms with van der Waals surface area (Å²) in [6, 6.07) is -1.02. The van der Waals surface area contributed by atoms with Gasteiger partial charge in [-0.05, 0) is 0 Å². The van der Waals surface area contributed by atoms with Crippen molar-refractivity contribution in [3.8, 4) is 0 Å². The standard InChI is InChI=1S/C8H14N2O5/c11-2-4-6(12)7(13)5-3(15-4)1-9-8(14)10-5/h3-7,11-13H,1-2H2,(H2,9,10,14)/t3-,4+,5+,6-,7+/m0/s1. The lowest BCUT2D eigenvalue weighted by Gasteiger charge is -2.44. The van der Waals surface area contributed by atoms with Crippen molar-refractivity contribution in [3.63, 3.8) is 0 Å². The smallest absolute Gasteiger partial charge is 0.315 e. The molecule has 2 rings (SSSR count). The molecule has 0 radical (unpaired) electrons. The van der Waals surface area contributed by atoms with E-state index in [1.54, 1.807) is 0 Å². The number of rotatable bonds is 1. The molecule has 0 bridgehead atoms. The second-order valence-electron chi connectivity index (χ2n) is 3.76. The van der Waals surface area contributed by atoms with Crippen molar-refractivity contribution in [2.24, 2.45) is 0 Å². The zero-order chi connectivity index (χ0) is 11.0. The minimum atomic E-state index is -1.19. The van der Waals surface area contributed by atoms with Gasteiger partial charge < -0.3 is 30.7 Å². The van der Waals surface area contributed by atoms with Crippen molar-refractivity contribution >= 4 is 6.03 Å². The van der Waals surface area contributed by atoms with Gasteiger partial charge in [-0.1, -0.05) is 0 Å². The van der Waals surface area contributed by atoms with Gasteiger partial charge >= 0.3 is 6.03 Å². The van der Waals surface area contributed by atoms with Crippen LogP contribution in [0.5, 0.6) is 0 Å². The lowest BCUT2D eigenvalue weighted by Crippen LogP contribution is -2.70. The van der Waals surface area contributed by atoms with Gasteiger partial charge in [0.25, 0.3) is 0 Å². The van der Waals surface area contributed by atoms with E-state index in [0.717, 1.165) is 0 Å². The average molecular weight is 218 g/mol. The number of aliphatic hydroxyl groups is 3. The van der Waals surface area contributed by atoms with E-state index in [2.05, 4.69) is 10.6 Å². The van der Waals surface area contributed by atoms with Gasteiger partial charge in [-0.3, -0.25) is 0 Å². The SMILES string of the molecule is O=C1NC[C@@H]2O[C@H](CO)[C@H](O)[C@H](O)[C@@H]2N1. The topological polar surface area (TPSA) is 111 Å². The third kappa shape index (κ3) is 1.78. The number of carbonyl (C=O) groups excluding carboxylic acids is 1. The Labute approximate surface area is 86.0 Å². The van der Waals surface area contributed by atoms with E-state index in [4.69, 9.17) is 9.84 Å². The summed E-state index contributed by atoms with van der Waals surface area (Å²) in [5.41, 5.74) is 0. The minimum absolute atomic E-state index is 0.261. The molecule has 0 aromatic rings. The minimum Gasteiger partial charge on any atom is -0.394 e. The van der Waals surface area contributed by atoms with Crippen molar-refractivity contribution in [1.82, 2.24) is 10.6 Å². The number of urea groups is 1. The highest BCUT2D eigenvalue weighted by molar-refractivity contribution is 5.75. The Morgan fingerprint density at radius 1 is 1.40 bits per heavy atom. The fourth-order valence-electron chi connectivity index (χ4n) is 1.94. The van der Waals surface area contributed by atoms with Crippen LogP contribution in [-0.2, 0) is 4.74 Å². The first-order chi connectivity index (χ1) is 7.13. The summed E-state index contributed by atoms with van der Waals surface area (Å²) in [7, 11) is 0. The Morgan fingerprint density at radius 3 is 2.80 bits per heavy atom. The van der Waals surface area contributed by atoms with Gasteiger partial charge in [0, 0.05) is 6.54 Å². The average Bonchev–Trinajstić information content (AvgIpc) is 2.24. The fourth-order valence-corrected chi connectivity index (χ4v) is 1.94. The molecular formula is C8H14N2O5. The molecule has 2 saturated heterocycles. The number of aliphatic hydroxyl groups excluding tert-OH is 3. The molecule has 15 heavy (non-hydrogen) atoms. The molecule has 5 N–H and O–H groups in total. The highest BCUT2D eigenvalue weighted by Crippen LogP contribution is 2.22. The molecule has 2 fully saturated rings. The van der Waals surface area contributed by atoms with Crippen LogP contribution >= 0.6 is 0 Å². The summed E-state index contributed by atoms with van der Waals surface area (Å²) < 4.78 is 5.33. The zero-order valence-electron chi connectivity index (χ0n) is 7.96. The van der Waals surface area contributed by atoms with Crippen LogP contribution in [0.15, 0.2) is 0 Å². The van der Waals surface area contributed by atoms with Crippen molar-refractivity contribution in [1.29, 1.82) is 0 Å². The first kappa shape index (κ1) is 10.6. The molecule has 7 heteroatoms. The second-order valence-corrected chi connectivity index (χ2v) is 3.76. The van der Waals surface area contributed by atoms with Gasteiger partial charge in [-0.15, -0.1) is 0 Å². The van der Waals surface area contributed by atoms with E-state index in [9.17, 15) is 15.0 Å². The van der Waals surface area contributed by atoms with E-state index in [-0.39, 0.29) is 13.2 Å². The van der Waals surface area contributed by atoms with Crippen molar-refractivity contribution in [3.05, 3.63) is 0 Å². The van der Waals surface area contributed by atoms with Crippen LogP contribution in [-0.4, -0.2) is 65.0 Å². The molecule has 0 saturated carbocycles. The molecule has 0 spiro atoms. The molecular weight excluding hydrogens is 204 g/mol. The maximum atomic E-state index is 11.0. The third-order valence-corrected chi connectivity index (χ3v) is 2.79. The van der Waals surface area contributed by atoms with Crippen LogP contribution in [0.25, 0.3) is 0 Å². The van der Waals surface area contributed by atoms with E-state index in [0.29, 0.717) is 0 Å². The van der Waals surface area contributed by atoms with E-state index in [1.165, 1.54) is 0 Å². The zero-order valence-corrected chi connectivity index (χ0v) is 7.96. The molecule has 0 aromatic heterocycles. The van der Waals surface area contributed by atoms with Crippen LogP contribution in [0.3, 0.4) is 0 Å². The normalized spacial score (nSPS) is 45.3. The number of fused-ring (bicyclic) bond motifs is 1. The first-order valence-corrected chi connectivity index (χ1v) is 4.80. The van der Waals surface area contributed by atoms with Gasteiger partial charge in [-0.25, -0.2) is 4.79 Å². The summed E-state index contributed by atoms with van der Waals surface area (Å²) in [5, 5.41) is 33.2. The van der Waals surface area contributed by atoms with Crippen LogP contribution in [0.4, 0.5) is 4.79 Å².